The van der Waals surface area contributed by atoms with Crippen LogP contribution >= 0.6 is 0 Å². The normalized spacial score (nSPS) is 12.8. The lowest BCUT2D eigenvalue weighted by Gasteiger charge is -2.24. The number of aldehydes is 1. The van der Waals surface area contributed by atoms with Crippen LogP contribution in [-0.4, -0.2) is 54.1 Å². The Kier molecular flexibility index (Phi) is 8.27. The highest BCUT2D eigenvalue weighted by molar-refractivity contribution is 5.79. The van der Waals surface area contributed by atoms with E-state index in [0.29, 0.717) is 32.2 Å². The van der Waals surface area contributed by atoms with Gasteiger partial charge in [0, 0.05) is 20.1 Å². The van der Waals surface area contributed by atoms with Crippen LogP contribution in [0.5, 0.6) is 0 Å². The molecule has 0 bridgehead atoms. The number of ether oxygens (including phenoxy) is 1. The quantitative estimate of drug-likeness (QED) is 0.368. The summed E-state index contributed by atoms with van der Waals surface area (Å²) in [4.78, 5) is 24.1. The molecule has 5 heteroatoms. The van der Waals surface area contributed by atoms with Gasteiger partial charge in [-0.2, -0.15) is 0 Å². The molecule has 1 atom stereocenters. The largest absolute Gasteiger partial charge is 0.390 e. The molecular formula is C14H25NO4. The summed E-state index contributed by atoms with van der Waals surface area (Å²) in [7, 11) is 1.59. The molecule has 0 aliphatic heterocycles. The maximum absolute atomic E-state index is 11.7. The minimum Gasteiger partial charge on any atom is -0.390 e. The van der Waals surface area contributed by atoms with Crippen molar-refractivity contribution in [3.05, 3.63) is 12.7 Å². The van der Waals surface area contributed by atoms with Crippen LogP contribution in [0.15, 0.2) is 12.7 Å². The van der Waals surface area contributed by atoms with Gasteiger partial charge in [0.05, 0.1) is 12.2 Å². The number of carbonyl (C=O) groups is 2. The minimum absolute atomic E-state index is 0.108. The predicted molar refractivity (Wildman–Crippen MR) is 73.8 cm³/mol. The molecule has 0 saturated carbocycles. The summed E-state index contributed by atoms with van der Waals surface area (Å²) in [6.45, 7) is 7.44. The molecular weight excluding hydrogens is 246 g/mol. The summed E-state index contributed by atoms with van der Waals surface area (Å²) in [6.07, 6.45) is 3.78. The SMILES string of the molecule is C=CCCC(=O)N(C)C(C=O)COCCC(C)(C)O. The van der Waals surface area contributed by atoms with Crippen LogP contribution in [-0.2, 0) is 14.3 Å². The maximum atomic E-state index is 11.7. The second-order valence-corrected chi connectivity index (χ2v) is 5.17. The zero-order valence-corrected chi connectivity index (χ0v) is 12.1. The van der Waals surface area contributed by atoms with E-state index in [9.17, 15) is 14.7 Å². The van der Waals surface area contributed by atoms with E-state index < -0.39 is 11.6 Å². The van der Waals surface area contributed by atoms with Crippen molar-refractivity contribution in [3.8, 4) is 0 Å². The molecule has 5 nitrogen and oxygen atoms in total. The molecule has 110 valence electrons. The molecule has 0 aliphatic carbocycles. The highest BCUT2D eigenvalue weighted by Crippen LogP contribution is 2.07. The third-order valence-electron chi connectivity index (χ3n) is 2.76. The number of amides is 1. The summed E-state index contributed by atoms with van der Waals surface area (Å²) in [5.74, 6) is -0.108. The monoisotopic (exact) mass is 271 g/mol. The molecule has 1 amide bonds. The van der Waals surface area contributed by atoms with Crippen molar-refractivity contribution in [1.29, 1.82) is 0 Å². The summed E-state index contributed by atoms with van der Waals surface area (Å²) < 4.78 is 5.33. The second kappa shape index (κ2) is 8.82. The van der Waals surface area contributed by atoms with E-state index in [2.05, 4.69) is 6.58 Å². The molecule has 0 aromatic rings. The zero-order chi connectivity index (χ0) is 14.9. The standard InChI is InChI=1S/C14H25NO4/c1-5-6-7-13(17)15(4)12(10-16)11-19-9-8-14(2,3)18/h5,10,12,18H,1,6-9,11H2,2-4H3. The van der Waals surface area contributed by atoms with Gasteiger partial charge in [0.25, 0.3) is 0 Å². The van der Waals surface area contributed by atoms with Crippen LogP contribution in [0.25, 0.3) is 0 Å². The highest BCUT2D eigenvalue weighted by Gasteiger charge is 2.19. The van der Waals surface area contributed by atoms with E-state index in [-0.39, 0.29) is 12.5 Å². The molecule has 0 rings (SSSR count). The van der Waals surface area contributed by atoms with Crippen LogP contribution in [0.1, 0.15) is 33.1 Å². The number of hydrogen-bond acceptors (Lipinski definition) is 4. The molecule has 1 N–H and O–H groups in total. The van der Waals surface area contributed by atoms with E-state index in [0.717, 1.165) is 0 Å². The number of carbonyl (C=O) groups excluding carboxylic acids is 2. The van der Waals surface area contributed by atoms with Gasteiger partial charge in [0.2, 0.25) is 5.91 Å². The van der Waals surface area contributed by atoms with Crippen molar-refractivity contribution in [2.24, 2.45) is 0 Å². The lowest BCUT2D eigenvalue weighted by Crippen LogP contribution is -2.41. The lowest BCUT2D eigenvalue weighted by molar-refractivity contribution is -0.136. The Hall–Kier alpha value is -1.20. The van der Waals surface area contributed by atoms with Crippen molar-refractivity contribution in [2.45, 2.75) is 44.8 Å². The Labute approximate surface area is 115 Å². The van der Waals surface area contributed by atoms with Gasteiger partial charge in [-0.1, -0.05) is 6.08 Å². The fraction of sp³-hybridized carbons (Fsp3) is 0.714. The van der Waals surface area contributed by atoms with Crippen LogP contribution in [0.4, 0.5) is 0 Å². The van der Waals surface area contributed by atoms with Crippen molar-refractivity contribution >= 4 is 12.2 Å². The summed E-state index contributed by atoms with van der Waals surface area (Å²) >= 11 is 0. The first-order chi connectivity index (χ1) is 8.81. The summed E-state index contributed by atoms with van der Waals surface area (Å²) in [5, 5.41) is 9.51. The number of hydrogen-bond donors (Lipinski definition) is 1. The third-order valence-corrected chi connectivity index (χ3v) is 2.76. The van der Waals surface area contributed by atoms with E-state index in [4.69, 9.17) is 4.74 Å². The van der Waals surface area contributed by atoms with Crippen LogP contribution in [0.3, 0.4) is 0 Å². The molecule has 19 heavy (non-hydrogen) atoms. The van der Waals surface area contributed by atoms with Crippen molar-refractivity contribution in [3.63, 3.8) is 0 Å². The van der Waals surface area contributed by atoms with Gasteiger partial charge >= 0.3 is 0 Å². The average Bonchev–Trinajstić information content (AvgIpc) is 2.34. The second-order valence-electron chi connectivity index (χ2n) is 5.17. The molecule has 1 unspecified atom stereocenters. The molecule has 0 heterocycles. The molecule has 0 aliphatic rings. The van der Waals surface area contributed by atoms with Gasteiger partial charge in [-0.15, -0.1) is 6.58 Å². The van der Waals surface area contributed by atoms with Crippen LogP contribution in [0, 0.1) is 0 Å². The Morgan fingerprint density at radius 3 is 2.63 bits per heavy atom. The number of allylic oxidation sites excluding steroid dienone is 1. The van der Waals surface area contributed by atoms with Crippen molar-refractivity contribution in [2.75, 3.05) is 20.3 Å². The number of likely N-dealkylation sites (N-methyl/N-ethyl adjacent to an activating group) is 1. The van der Waals surface area contributed by atoms with E-state index >= 15 is 0 Å². The van der Waals surface area contributed by atoms with Crippen molar-refractivity contribution < 1.29 is 19.4 Å². The van der Waals surface area contributed by atoms with Gasteiger partial charge in [-0.05, 0) is 26.7 Å². The first kappa shape index (κ1) is 17.8. The summed E-state index contributed by atoms with van der Waals surface area (Å²) in [6, 6.07) is -0.584. The number of rotatable bonds is 10. The molecule has 0 spiro atoms. The van der Waals surface area contributed by atoms with Gasteiger partial charge in [-0.25, -0.2) is 0 Å². The Morgan fingerprint density at radius 1 is 1.53 bits per heavy atom. The fourth-order valence-electron chi connectivity index (χ4n) is 1.36. The average molecular weight is 271 g/mol. The first-order valence-corrected chi connectivity index (χ1v) is 6.43. The Balaban J connectivity index is 4.08. The molecule has 0 aromatic heterocycles. The molecule has 0 fully saturated rings. The van der Waals surface area contributed by atoms with Crippen LogP contribution < -0.4 is 0 Å². The Morgan fingerprint density at radius 2 is 2.16 bits per heavy atom. The summed E-state index contributed by atoms with van der Waals surface area (Å²) in [5.41, 5.74) is -0.789. The first-order valence-electron chi connectivity index (χ1n) is 6.43. The molecule has 0 saturated heterocycles. The van der Waals surface area contributed by atoms with Crippen LogP contribution in [0.2, 0.25) is 0 Å². The Bertz CT molecular complexity index is 296. The number of aliphatic hydroxyl groups is 1. The third kappa shape index (κ3) is 8.51. The number of nitrogens with zero attached hydrogens (tertiary/aromatic N) is 1. The highest BCUT2D eigenvalue weighted by atomic mass is 16.5. The topological polar surface area (TPSA) is 66.8 Å². The van der Waals surface area contributed by atoms with Gasteiger partial charge in [0.1, 0.15) is 12.3 Å². The lowest BCUT2D eigenvalue weighted by atomic mass is 10.1. The van der Waals surface area contributed by atoms with Gasteiger partial charge < -0.3 is 19.5 Å². The zero-order valence-electron chi connectivity index (χ0n) is 12.1. The smallest absolute Gasteiger partial charge is 0.223 e. The fourth-order valence-corrected chi connectivity index (χ4v) is 1.36. The van der Waals surface area contributed by atoms with E-state index in [1.807, 2.05) is 0 Å². The maximum Gasteiger partial charge on any atom is 0.223 e. The van der Waals surface area contributed by atoms with E-state index in [1.54, 1.807) is 27.0 Å². The van der Waals surface area contributed by atoms with Crippen molar-refractivity contribution in [1.82, 2.24) is 4.90 Å². The molecule has 0 aromatic carbocycles. The predicted octanol–water partition coefficient (Wildman–Crippen LogP) is 1.16. The molecule has 0 radical (unpaired) electrons. The van der Waals surface area contributed by atoms with Gasteiger partial charge in [-0.3, -0.25) is 4.79 Å². The van der Waals surface area contributed by atoms with E-state index in [1.165, 1.54) is 4.90 Å². The minimum atomic E-state index is -0.789. The van der Waals surface area contributed by atoms with Gasteiger partial charge in [0.15, 0.2) is 0 Å².